The SMILES string of the molecule is O=C(c1cccc([N+](=O)[O-])c1)N(Cc1ccc([N+](=O)[O-])cc1)N1C(=O)[C@H]2CC=CC[C@@H]2C1=O. The van der Waals surface area contributed by atoms with E-state index >= 15 is 0 Å². The number of fused-ring (bicyclic) bond motifs is 1. The van der Waals surface area contributed by atoms with Gasteiger partial charge in [-0.2, -0.15) is 5.01 Å². The number of hydrogen-bond donors (Lipinski definition) is 0. The van der Waals surface area contributed by atoms with E-state index in [0.29, 0.717) is 18.4 Å². The van der Waals surface area contributed by atoms with Crippen molar-refractivity contribution in [2.24, 2.45) is 11.8 Å². The molecule has 0 N–H and O–H groups in total. The number of carbonyl (C=O) groups excluding carboxylic acids is 3. The van der Waals surface area contributed by atoms with Crippen molar-refractivity contribution >= 4 is 29.1 Å². The number of hydrogen-bond acceptors (Lipinski definition) is 7. The Morgan fingerprint density at radius 1 is 0.909 bits per heavy atom. The summed E-state index contributed by atoms with van der Waals surface area (Å²) >= 11 is 0. The Hall–Kier alpha value is -4.41. The van der Waals surface area contributed by atoms with E-state index in [9.17, 15) is 34.6 Å². The highest BCUT2D eigenvalue weighted by atomic mass is 16.6. The fourth-order valence-corrected chi connectivity index (χ4v) is 4.05. The third kappa shape index (κ3) is 4.07. The number of hydrazine groups is 1. The molecule has 4 rings (SSSR count). The van der Waals surface area contributed by atoms with Crippen molar-refractivity contribution in [1.82, 2.24) is 10.0 Å². The summed E-state index contributed by atoms with van der Waals surface area (Å²) in [6, 6.07) is 10.3. The summed E-state index contributed by atoms with van der Waals surface area (Å²) in [4.78, 5) is 60.5. The predicted octanol–water partition coefficient (Wildman–Crippen LogP) is 3.01. The monoisotopic (exact) mass is 450 g/mol. The van der Waals surface area contributed by atoms with E-state index in [2.05, 4.69) is 0 Å². The zero-order valence-corrected chi connectivity index (χ0v) is 17.2. The lowest BCUT2D eigenvalue weighted by atomic mass is 9.85. The van der Waals surface area contributed by atoms with Gasteiger partial charge in [0, 0.05) is 29.8 Å². The van der Waals surface area contributed by atoms with Gasteiger partial charge in [0.25, 0.3) is 29.1 Å². The van der Waals surface area contributed by atoms with Crippen molar-refractivity contribution in [1.29, 1.82) is 0 Å². The lowest BCUT2D eigenvalue weighted by Crippen LogP contribution is -2.49. The van der Waals surface area contributed by atoms with E-state index in [0.717, 1.165) is 16.1 Å². The zero-order valence-electron chi connectivity index (χ0n) is 17.2. The van der Waals surface area contributed by atoms with Gasteiger partial charge in [0.05, 0.1) is 28.2 Å². The molecule has 3 amide bonds. The number of rotatable bonds is 6. The van der Waals surface area contributed by atoms with Crippen molar-refractivity contribution < 1.29 is 24.2 Å². The van der Waals surface area contributed by atoms with Crippen LogP contribution >= 0.6 is 0 Å². The molecule has 1 aliphatic heterocycles. The Kier molecular flexibility index (Phi) is 5.69. The molecule has 2 atom stereocenters. The molecule has 1 fully saturated rings. The minimum Gasteiger partial charge on any atom is -0.272 e. The van der Waals surface area contributed by atoms with Crippen LogP contribution in [0.5, 0.6) is 0 Å². The predicted molar refractivity (Wildman–Crippen MR) is 113 cm³/mol. The maximum absolute atomic E-state index is 13.4. The van der Waals surface area contributed by atoms with Gasteiger partial charge in [-0.15, -0.1) is 0 Å². The third-order valence-corrected chi connectivity index (χ3v) is 5.74. The molecule has 168 valence electrons. The van der Waals surface area contributed by atoms with E-state index in [1.54, 1.807) is 0 Å². The number of carbonyl (C=O) groups is 3. The summed E-state index contributed by atoms with van der Waals surface area (Å²) < 4.78 is 0. The van der Waals surface area contributed by atoms with Gasteiger partial charge in [-0.05, 0) is 24.5 Å². The summed E-state index contributed by atoms with van der Waals surface area (Å²) in [5.74, 6) is -2.98. The van der Waals surface area contributed by atoms with Gasteiger partial charge in [0.1, 0.15) is 0 Å². The molecule has 11 nitrogen and oxygen atoms in total. The van der Waals surface area contributed by atoms with Crippen LogP contribution in [-0.2, 0) is 16.1 Å². The molecule has 11 heteroatoms. The molecular weight excluding hydrogens is 432 g/mol. The summed E-state index contributed by atoms with van der Waals surface area (Å²) in [5.41, 5.74) is -0.0958. The van der Waals surface area contributed by atoms with Gasteiger partial charge >= 0.3 is 0 Å². The van der Waals surface area contributed by atoms with Gasteiger partial charge in [0.15, 0.2) is 0 Å². The van der Waals surface area contributed by atoms with Crippen LogP contribution < -0.4 is 0 Å². The molecule has 2 aromatic rings. The van der Waals surface area contributed by atoms with Crippen molar-refractivity contribution in [2.75, 3.05) is 0 Å². The van der Waals surface area contributed by atoms with Crippen LogP contribution in [0.15, 0.2) is 60.7 Å². The molecule has 2 aliphatic rings. The Morgan fingerprint density at radius 3 is 2.03 bits per heavy atom. The first-order valence-corrected chi connectivity index (χ1v) is 10.1. The van der Waals surface area contributed by atoms with Crippen molar-refractivity contribution in [2.45, 2.75) is 19.4 Å². The van der Waals surface area contributed by atoms with Crippen LogP contribution in [-0.4, -0.2) is 37.6 Å². The van der Waals surface area contributed by atoms with Crippen LogP contribution in [0.4, 0.5) is 11.4 Å². The second kappa shape index (κ2) is 8.61. The standard InChI is InChI=1S/C22H18N4O7/c27-20(15-4-3-5-17(12-15)26(32)33)23(13-14-8-10-16(11-9-14)25(30)31)24-21(28)18-6-1-2-7-19(18)22(24)29/h1-5,8-12,18-19H,6-7,13H2/t18-,19-/m0/s1. The zero-order chi connectivity index (χ0) is 23.7. The Bertz CT molecular complexity index is 1170. The fourth-order valence-electron chi connectivity index (χ4n) is 4.05. The summed E-state index contributed by atoms with van der Waals surface area (Å²) in [7, 11) is 0. The quantitative estimate of drug-likeness (QED) is 0.285. The van der Waals surface area contributed by atoms with Crippen molar-refractivity contribution in [3.63, 3.8) is 0 Å². The van der Waals surface area contributed by atoms with E-state index in [1.807, 2.05) is 12.2 Å². The summed E-state index contributed by atoms with van der Waals surface area (Å²) in [5, 5.41) is 23.9. The summed E-state index contributed by atoms with van der Waals surface area (Å²) in [6.07, 6.45) is 4.39. The highest BCUT2D eigenvalue weighted by Gasteiger charge is 2.50. The van der Waals surface area contributed by atoms with Gasteiger partial charge < -0.3 is 0 Å². The second-order valence-electron chi connectivity index (χ2n) is 7.74. The Morgan fingerprint density at radius 2 is 1.48 bits per heavy atom. The molecule has 0 saturated carbocycles. The summed E-state index contributed by atoms with van der Waals surface area (Å²) in [6.45, 7) is -0.232. The number of benzene rings is 2. The molecule has 1 saturated heterocycles. The molecule has 1 aliphatic carbocycles. The maximum atomic E-state index is 13.4. The first-order chi connectivity index (χ1) is 15.8. The minimum absolute atomic E-state index is 0.0697. The molecular formula is C22H18N4O7. The molecule has 33 heavy (non-hydrogen) atoms. The molecule has 0 unspecified atom stereocenters. The average molecular weight is 450 g/mol. The number of allylic oxidation sites excluding steroid dienone is 2. The van der Waals surface area contributed by atoms with Crippen LogP contribution in [0.3, 0.4) is 0 Å². The van der Waals surface area contributed by atoms with E-state index in [-0.39, 0.29) is 23.5 Å². The van der Waals surface area contributed by atoms with Gasteiger partial charge in [0.2, 0.25) is 0 Å². The van der Waals surface area contributed by atoms with E-state index < -0.39 is 39.4 Å². The molecule has 0 radical (unpaired) electrons. The van der Waals surface area contributed by atoms with Crippen LogP contribution in [0, 0.1) is 32.1 Å². The highest BCUT2D eigenvalue weighted by molar-refractivity contribution is 6.08. The number of imide groups is 1. The molecule has 0 bridgehead atoms. The maximum Gasteiger partial charge on any atom is 0.273 e. The van der Waals surface area contributed by atoms with Crippen molar-refractivity contribution in [3.8, 4) is 0 Å². The first-order valence-electron chi connectivity index (χ1n) is 10.1. The number of nitrogens with zero attached hydrogens (tertiary/aromatic N) is 4. The van der Waals surface area contributed by atoms with Crippen LogP contribution in [0.2, 0.25) is 0 Å². The molecule has 1 heterocycles. The number of non-ortho nitro benzene ring substituents is 2. The second-order valence-corrected chi connectivity index (χ2v) is 7.74. The minimum atomic E-state index is -0.773. The first kappa shape index (κ1) is 21.8. The van der Waals surface area contributed by atoms with Crippen LogP contribution in [0.1, 0.15) is 28.8 Å². The Labute approximate surface area is 187 Å². The lowest BCUT2D eigenvalue weighted by Gasteiger charge is -2.30. The number of nitro benzene ring substituents is 2. The number of amides is 3. The van der Waals surface area contributed by atoms with Gasteiger partial charge in [-0.3, -0.25) is 34.6 Å². The Balaban J connectivity index is 1.72. The number of nitro groups is 2. The lowest BCUT2D eigenvalue weighted by molar-refractivity contribution is -0.385. The third-order valence-electron chi connectivity index (χ3n) is 5.74. The van der Waals surface area contributed by atoms with Crippen molar-refractivity contribution in [3.05, 3.63) is 92.0 Å². The molecule has 0 aromatic heterocycles. The highest BCUT2D eigenvalue weighted by Crippen LogP contribution is 2.36. The average Bonchev–Trinajstić information content (AvgIpc) is 3.07. The largest absolute Gasteiger partial charge is 0.273 e. The van der Waals surface area contributed by atoms with Gasteiger partial charge in [-0.1, -0.05) is 30.4 Å². The normalized spacial score (nSPS) is 19.3. The van der Waals surface area contributed by atoms with Crippen LogP contribution in [0.25, 0.3) is 0 Å². The smallest absolute Gasteiger partial charge is 0.272 e. The van der Waals surface area contributed by atoms with E-state index in [1.165, 1.54) is 42.5 Å². The van der Waals surface area contributed by atoms with Gasteiger partial charge in [-0.25, -0.2) is 5.01 Å². The van der Waals surface area contributed by atoms with E-state index in [4.69, 9.17) is 0 Å². The topological polar surface area (TPSA) is 144 Å². The molecule has 0 spiro atoms. The fraction of sp³-hybridized carbons (Fsp3) is 0.227. The molecule has 2 aromatic carbocycles.